The molecule has 21 heavy (non-hydrogen) atoms. The Hall–Kier alpha value is -1.27. The first kappa shape index (κ1) is 16.1. The molecule has 0 saturated heterocycles. The highest BCUT2D eigenvalue weighted by atomic mass is 79.9. The lowest BCUT2D eigenvalue weighted by atomic mass is 9.88. The zero-order chi connectivity index (χ0) is 15.6. The van der Waals surface area contributed by atoms with Gasteiger partial charge in [0.1, 0.15) is 5.71 Å². The van der Waals surface area contributed by atoms with Crippen LogP contribution in [0.5, 0.6) is 0 Å². The summed E-state index contributed by atoms with van der Waals surface area (Å²) >= 11 is 6.81. The standard InChI is InChI=1S/C15H13Br2NO3/c1-9-8-11(19)12(16)15(2,17)13(9)18-21-14(20)10-6-4-3-5-7-10/h3-8,12H,1-2H3/b18-13-. The summed E-state index contributed by atoms with van der Waals surface area (Å²) in [6.07, 6.45) is 1.48. The molecule has 110 valence electrons. The van der Waals surface area contributed by atoms with E-state index >= 15 is 0 Å². The summed E-state index contributed by atoms with van der Waals surface area (Å²) in [5.74, 6) is -0.595. The van der Waals surface area contributed by atoms with Gasteiger partial charge in [0.15, 0.2) is 5.78 Å². The molecule has 0 N–H and O–H groups in total. The Balaban J connectivity index is 2.26. The van der Waals surface area contributed by atoms with E-state index in [1.165, 1.54) is 6.08 Å². The summed E-state index contributed by atoms with van der Waals surface area (Å²) in [6.45, 7) is 3.56. The SMILES string of the molecule is CC1=CC(=O)C(Br)C(C)(Br)/C1=N\OC(=O)c1ccccc1. The fourth-order valence-corrected chi connectivity index (χ4v) is 2.96. The lowest BCUT2D eigenvalue weighted by Gasteiger charge is -2.31. The van der Waals surface area contributed by atoms with Crippen molar-refractivity contribution in [1.29, 1.82) is 0 Å². The highest BCUT2D eigenvalue weighted by molar-refractivity contribution is 9.13. The number of benzene rings is 1. The van der Waals surface area contributed by atoms with Crippen molar-refractivity contribution in [1.82, 2.24) is 0 Å². The molecule has 0 saturated carbocycles. The maximum atomic E-state index is 11.9. The third kappa shape index (κ3) is 3.32. The molecule has 1 aromatic rings. The van der Waals surface area contributed by atoms with Gasteiger partial charge < -0.3 is 4.84 Å². The predicted molar refractivity (Wildman–Crippen MR) is 88.1 cm³/mol. The van der Waals surface area contributed by atoms with E-state index in [-0.39, 0.29) is 5.78 Å². The minimum absolute atomic E-state index is 0.0554. The lowest BCUT2D eigenvalue weighted by Crippen LogP contribution is -2.46. The van der Waals surface area contributed by atoms with Crippen LogP contribution >= 0.6 is 31.9 Å². The van der Waals surface area contributed by atoms with Gasteiger partial charge in [-0.05, 0) is 37.6 Å². The Morgan fingerprint density at radius 2 is 1.95 bits per heavy atom. The van der Waals surface area contributed by atoms with Crippen LogP contribution in [-0.2, 0) is 9.63 Å². The van der Waals surface area contributed by atoms with Crippen LogP contribution in [0.2, 0.25) is 0 Å². The van der Waals surface area contributed by atoms with Crippen LogP contribution in [0.4, 0.5) is 0 Å². The van der Waals surface area contributed by atoms with Crippen LogP contribution in [0, 0.1) is 0 Å². The molecule has 0 aromatic heterocycles. The molecule has 2 unspecified atom stereocenters. The summed E-state index contributed by atoms with van der Waals surface area (Å²) in [7, 11) is 0. The fourth-order valence-electron chi connectivity index (χ4n) is 2.00. The number of nitrogens with zero attached hydrogens (tertiary/aromatic N) is 1. The first-order valence-corrected chi connectivity index (χ1v) is 7.95. The maximum absolute atomic E-state index is 11.9. The van der Waals surface area contributed by atoms with Gasteiger partial charge in [0.05, 0.1) is 14.7 Å². The van der Waals surface area contributed by atoms with E-state index in [2.05, 4.69) is 37.0 Å². The molecule has 0 spiro atoms. The van der Waals surface area contributed by atoms with E-state index in [9.17, 15) is 9.59 Å². The average Bonchev–Trinajstić information content (AvgIpc) is 2.45. The van der Waals surface area contributed by atoms with Crippen molar-refractivity contribution >= 4 is 49.3 Å². The minimum atomic E-state index is -0.736. The molecular weight excluding hydrogens is 402 g/mol. The number of hydrogen-bond donors (Lipinski definition) is 0. The predicted octanol–water partition coefficient (Wildman–Crippen LogP) is 3.65. The van der Waals surface area contributed by atoms with Gasteiger partial charge in [0.25, 0.3) is 0 Å². The van der Waals surface area contributed by atoms with E-state index in [0.29, 0.717) is 16.8 Å². The van der Waals surface area contributed by atoms with Crippen molar-refractivity contribution in [3.63, 3.8) is 0 Å². The molecule has 0 fully saturated rings. The van der Waals surface area contributed by atoms with Crippen LogP contribution < -0.4 is 0 Å². The van der Waals surface area contributed by atoms with Gasteiger partial charge in [-0.15, -0.1) is 0 Å². The Morgan fingerprint density at radius 3 is 2.57 bits per heavy atom. The molecule has 2 rings (SSSR count). The van der Waals surface area contributed by atoms with E-state index < -0.39 is 15.1 Å². The Bertz CT molecular complexity index is 636. The van der Waals surface area contributed by atoms with Gasteiger partial charge in [0, 0.05) is 0 Å². The molecule has 0 amide bonds. The number of alkyl halides is 2. The molecule has 1 aromatic carbocycles. The molecule has 4 nitrogen and oxygen atoms in total. The third-order valence-corrected chi connectivity index (χ3v) is 5.97. The topological polar surface area (TPSA) is 55.7 Å². The van der Waals surface area contributed by atoms with Crippen molar-refractivity contribution < 1.29 is 14.4 Å². The number of hydrogen-bond acceptors (Lipinski definition) is 4. The van der Waals surface area contributed by atoms with E-state index in [1.54, 1.807) is 38.1 Å². The zero-order valence-corrected chi connectivity index (χ0v) is 14.6. The van der Waals surface area contributed by atoms with Gasteiger partial charge in [-0.3, -0.25) is 4.79 Å². The van der Waals surface area contributed by atoms with Crippen LogP contribution in [-0.4, -0.2) is 26.6 Å². The fraction of sp³-hybridized carbons (Fsp3) is 0.267. The number of carbonyl (C=O) groups is 2. The molecule has 0 aliphatic heterocycles. The normalized spacial score (nSPS) is 27.4. The van der Waals surface area contributed by atoms with Crippen LogP contribution in [0.3, 0.4) is 0 Å². The number of ketones is 1. The Kier molecular flexibility index (Phi) is 4.78. The van der Waals surface area contributed by atoms with Crippen molar-refractivity contribution in [3.8, 4) is 0 Å². The largest absolute Gasteiger partial charge is 0.365 e. The number of carbonyl (C=O) groups excluding carboxylic acids is 2. The molecule has 0 bridgehead atoms. The van der Waals surface area contributed by atoms with E-state index in [0.717, 1.165) is 0 Å². The van der Waals surface area contributed by atoms with Crippen LogP contribution in [0.1, 0.15) is 24.2 Å². The number of halogens is 2. The smallest absolute Gasteiger partial charge is 0.312 e. The quantitative estimate of drug-likeness (QED) is 0.421. The minimum Gasteiger partial charge on any atom is -0.312 e. The summed E-state index contributed by atoms with van der Waals surface area (Å²) in [5.41, 5.74) is 1.59. The van der Waals surface area contributed by atoms with Crippen molar-refractivity contribution in [3.05, 3.63) is 47.5 Å². The number of allylic oxidation sites excluding steroid dienone is 2. The number of oxime groups is 1. The molecule has 0 heterocycles. The van der Waals surface area contributed by atoms with Crippen LogP contribution in [0.25, 0.3) is 0 Å². The first-order valence-electron chi connectivity index (χ1n) is 6.24. The van der Waals surface area contributed by atoms with Crippen molar-refractivity contribution in [2.24, 2.45) is 5.16 Å². The molecule has 1 aliphatic carbocycles. The maximum Gasteiger partial charge on any atom is 0.365 e. The second-order valence-electron chi connectivity index (χ2n) is 4.85. The average molecular weight is 415 g/mol. The van der Waals surface area contributed by atoms with Crippen molar-refractivity contribution in [2.45, 2.75) is 23.0 Å². The molecule has 0 radical (unpaired) electrons. The van der Waals surface area contributed by atoms with Gasteiger partial charge in [-0.25, -0.2) is 4.79 Å². The highest BCUT2D eigenvalue weighted by Crippen LogP contribution is 2.36. The molecule has 1 aliphatic rings. The number of rotatable bonds is 2. The molecular formula is C15H13Br2NO3. The highest BCUT2D eigenvalue weighted by Gasteiger charge is 2.43. The summed E-state index contributed by atoms with van der Waals surface area (Å²) < 4.78 is -0.736. The second kappa shape index (κ2) is 6.23. The second-order valence-corrected chi connectivity index (χ2v) is 7.42. The van der Waals surface area contributed by atoms with Crippen molar-refractivity contribution in [2.75, 3.05) is 0 Å². The van der Waals surface area contributed by atoms with Gasteiger partial charge in [0.2, 0.25) is 0 Å². The summed E-state index contributed by atoms with van der Waals surface area (Å²) in [6, 6.07) is 8.61. The van der Waals surface area contributed by atoms with Crippen LogP contribution in [0.15, 0.2) is 47.1 Å². The molecule has 2 atom stereocenters. The van der Waals surface area contributed by atoms with Gasteiger partial charge in [-0.1, -0.05) is 55.2 Å². The van der Waals surface area contributed by atoms with E-state index in [1.807, 2.05) is 6.07 Å². The monoisotopic (exact) mass is 413 g/mol. The third-order valence-electron chi connectivity index (χ3n) is 3.15. The van der Waals surface area contributed by atoms with E-state index in [4.69, 9.17) is 4.84 Å². The van der Waals surface area contributed by atoms with Gasteiger partial charge >= 0.3 is 5.97 Å². The zero-order valence-electron chi connectivity index (χ0n) is 11.5. The first-order chi connectivity index (χ1) is 9.84. The lowest BCUT2D eigenvalue weighted by molar-refractivity contribution is -0.114. The Labute approximate surface area is 139 Å². The van der Waals surface area contributed by atoms with Gasteiger partial charge in [-0.2, -0.15) is 0 Å². The summed E-state index contributed by atoms with van der Waals surface area (Å²) in [5, 5.41) is 3.95. The molecule has 6 heteroatoms. The summed E-state index contributed by atoms with van der Waals surface area (Å²) in [4.78, 5) is 28.3. The Morgan fingerprint density at radius 1 is 1.33 bits per heavy atom.